The molecule has 1 N–H and O–H groups in total. The topological polar surface area (TPSA) is 24.9 Å². The van der Waals surface area contributed by atoms with E-state index in [2.05, 4.69) is 59.0 Å². The van der Waals surface area contributed by atoms with E-state index in [9.17, 15) is 0 Å². The van der Waals surface area contributed by atoms with Gasteiger partial charge >= 0.3 is 0 Å². The maximum atomic E-state index is 4.14. The van der Waals surface area contributed by atoms with Crippen LogP contribution in [0.25, 0.3) is 10.8 Å². The lowest BCUT2D eigenvalue weighted by Crippen LogP contribution is -1.99. The lowest BCUT2D eigenvalue weighted by molar-refractivity contribution is 1.15. The van der Waals surface area contributed by atoms with Crippen LogP contribution in [0.1, 0.15) is 5.56 Å². The van der Waals surface area contributed by atoms with E-state index in [0.29, 0.717) is 0 Å². The highest BCUT2D eigenvalue weighted by Gasteiger charge is 1.98. The van der Waals surface area contributed by atoms with E-state index in [1.807, 2.05) is 18.5 Å². The molecule has 0 amide bonds. The lowest BCUT2D eigenvalue weighted by atomic mass is 10.1. The second-order valence-electron chi connectivity index (χ2n) is 4.64. The van der Waals surface area contributed by atoms with Crippen LogP contribution >= 0.6 is 11.8 Å². The van der Waals surface area contributed by atoms with Gasteiger partial charge in [-0.15, -0.1) is 11.8 Å². The van der Waals surface area contributed by atoms with Crippen molar-refractivity contribution in [3.05, 3.63) is 66.5 Å². The number of fused-ring (bicyclic) bond motifs is 1. The Kier molecular flexibility index (Phi) is 3.88. The van der Waals surface area contributed by atoms with Crippen LogP contribution in [0, 0.1) is 0 Å². The van der Waals surface area contributed by atoms with Crippen molar-refractivity contribution >= 4 is 28.2 Å². The number of pyridine rings is 1. The number of nitrogens with zero attached hydrogens (tertiary/aromatic N) is 1. The highest BCUT2D eigenvalue weighted by molar-refractivity contribution is 7.98. The maximum Gasteiger partial charge on any atom is 0.0401 e. The highest BCUT2D eigenvalue weighted by atomic mass is 32.2. The van der Waals surface area contributed by atoms with E-state index < -0.39 is 0 Å². The van der Waals surface area contributed by atoms with Gasteiger partial charge in [0.1, 0.15) is 0 Å². The predicted octanol–water partition coefficient (Wildman–Crippen LogP) is 4.57. The first-order valence-corrected chi connectivity index (χ1v) is 7.78. The summed E-state index contributed by atoms with van der Waals surface area (Å²) in [5, 5.41) is 5.89. The van der Waals surface area contributed by atoms with Gasteiger partial charge < -0.3 is 5.32 Å². The number of benzene rings is 2. The number of thioether (sulfide) groups is 1. The fourth-order valence-corrected chi connectivity index (χ4v) is 2.64. The van der Waals surface area contributed by atoms with Crippen molar-refractivity contribution in [2.24, 2.45) is 0 Å². The second-order valence-corrected chi connectivity index (χ2v) is 5.52. The fraction of sp³-hybridized carbons (Fsp3) is 0.118. The van der Waals surface area contributed by atoms with Gasteiger partial charge in [-0.1, -0.05) is 18.2 Å². The zero-order chi connectivity index (χ0) is 13.8. The molecule has 0 aliphatic carbocycles. The summed E-state index contributed by atoms with van der Waals surface area (Å²) in [7, 11) is 0. The zero-order valence-electron chi connectivity index (χ0n) is 11.3. The highest BCUT2D eigenvalue weighted by Crippen LogP contribution is 2.20. The zero-order valence-corrected chi connectivity index (χ0v) is 12.2. The third kappa shape index (κ3) is 2.94. The van der Waals surface area contributed by atoms with E-state index in [-0.39, 0.29) is 0 Å². The molecular formula is C17H16N2S. The number of aromatic nitrogens is 1. The minimum atomic E-state index is 0.829. The van der Waals surface area contributed by atoms with Gasteiger partial charge in [-0.2, -0.15) is 0 Å². The Bertz CT molecular complexity index is 725. The molecule has 0 radical (unpaired) electrons. The summed E-state index contributed by atoms with van der Waals surface area (Å²) in [5.41, 5.74) is 2.44. The van der Waals surface area contributed by atoms with Gasteiger partial charge in [-0.05, 0) is 47.5 Å². The Morgan fingerprint density at radius 3 is 2.90 bits per heavy atom. The van der Waals surface area contributed by atoms with Gasteiger partial charge in [0.2, 0.25) is 0 Å². The molecule has 0 spiro atoms. The smallest absolute Gasteiger partial charge is 0.0401 e. The molecule has 0 fully saturated rings. The summed E-state index contributed by atoms with van der Waals surface area (Å²) in [6, 6.07) is 17.0. The molecule has 2 aromatic carbocycles. The normalized spacial score (nSPS) is 10.7. The standard InChI is InChI=1S/C17H16N2S/c1-20-17-4-2-3-16(10-17)19-11-13-5-6-15-12-18-8-7-14(15)9-13/h2-10,12,19H,11H2,1H3. The molecule has 0 unspecified atom stereocenters. The first-order valence-electron chi connectivity index (χ1n) is 6.56. The summed E-state index contributed by atoms with van der Waals surface area (Å²) >= 11 is 1.76. The van der Waals surface area contributed by atoms with Gasteiger partial charge in [-0.3, -0.25) is 4.98 Å². The largest absolute Gasteiger partial charge is 0.381 e. The van der Waals surface area contributed by atoms with Crippen LogP contribution in [-0.2, 0) is 6.54 Å². The molecule has 0 atom stereocenters. The van der Waals surface area contributed by atoms with Crippen molar-refractivity contribution < 1.29 is 0 Å². The van der Waals surface area contributed by atoms with Crippen molar-refractivity contribution in [1.82, 2.24) is 4.98 Å². The Morgan fingerprint density at radius 1 is 1.05 bits per heavy atom. The van der Waals surface area contributed by atoms with Crippen molar-refractivity contribution in [2.45, 2.75) is 11.4 Å². The van der Waals surface area contributed by atoms with E-state index in [0.717, 1.165) is 12.2 Å². The van der Waals surface area contributed by atoms with E-state index in [4.69, 9.17) is 0 Å². The Morgan fingerprint density at radius 2 is 2.00 bits per heavy atom. The van der Waals surface area contributed by atoms with Crippen LogP contribution in [0.4, 0.5) is 5.69 Å². The summed E-state index contributed by atoms with van der Waals surface area (Å²) in [6.07, 6.45) is 5.83. The fourth-order valence-electron chi connectivity index (χ4n) is 2.18. The van der Waals surface area contributed by atoms with Crippen LogP contribution in [0.2, 0.25) is 0 Å². The van der Waals surface area contributed by atoms with Crippen molar-refractivity contribution in [3.63, 3.8) is 0 Å². The average molecular weight is 280 g/mol. The van der Waals surface area contributed by atoms with Gasteiger partial charge in [0.25, 0.3) is 0 Å². The number of anilines is 1. The molecule has 3 rings (SSSR count). The van der Waals surface area contributed by atoms with Gasteiger partial charge in [0.15, 0.2) is 0 Å². The molecule has 0 aliphatic heterocycles. The predicted molar refractivity (Wildman–Crippen MR) is 87.3 cm³/mol. The third-order valence-corrected chi connectivity index (χ3v) is 4.00. The monoisotopic (exact) mass is 280 g/mol. The summed E-state index contributed by atoms with van der Waals surface area (Å²) < 4.78 is 0. The first kappa shape index (κ1) is 13.0. The molecule has 0 saturated heterocycles. The van der Waals surface area contributed by atoms with E-state index >= 15 is 0 Å². The van der Waals surface area contributed by atoms with Crippen LogP contribution < -0.4 is 5.32 Å². The molecular weight excluding hydrogens is 264 g/mol. The molecule has 2 nitrogen and oxygen atoms in total. The molecule has 3 heteroatoms. The van der Waals surface area contributed by atoms with Crippen LogP contribution in [-0.4, -0.2) is 11.2 Å². The average Bonchev–Trinajstić information content (AvgIpc) is 2.53. The molecule has 1 heterocycles. The molecule has 0 bridgehead atoms. The number of hydrogen-bond acceptors (Lipinski definition) is 3. The van der Waals surface area contributed by atoms with Gasteiger partial charge in [0, 0.05) is 34.9 Å². The Labute approximate surface area is 123 Å². The maximum absolute atomic E-state index is 4.14. The number of rotatable bonds is 4. The minimum absolute atomic E-state index is 0.829. The lowest BCUT2D eigenvalue weighted by Gasteiger charge is -2.08. The first-order chi connectivity index (χ1) is 9.85. The van der Waals surface area contributed by atoms with Crippen molar-refractivity contribution in [1.29, 1.82) is 0 Å². The van der Waals surface area contributed by atoms with E-state index in [1.54, 1.807) is 11.8 Å². The minimum Gasteiger partial charge on any atom is -0.381 e. The molecule has 0 saturated carbocycles. The van der Waals surface area contributed by atoms with Gasteiger partial charge in [0.05, 0.1) is 0 Å². The van der Waals surface area contributed by atoms with Crippen LogP contribution in [0.5, 0.6) is 0 Å². The molecule has 20 heavy (non-hydrogen) atoms. The molecule has 1 aromatic heterocycles. The SMILES string of the molecule is CSc1cccc(NCc2ccc3cnccc3c2)c1. The summed E-state index contributed by atoms with van der Waals surface area (Å²) in [4.78, 5) is 5.41. The summed E-state index contributed by atoms with van der Waals surface area (Å²) in [6.45, 7) is 0.829. The Balaban J connectivity index is 1.76. The van der Waals surface area contributed by atoms with Crippen molar-refractivity contribution in [3.8, 4) is 0 Å². The number of nitrogens with one attached hydrogen (secondary N) is 1. The van der Waals surface area contributed by atoms with Crippen LogP contribution in [0.15, 0.2) is 65.8 Å². The molecule has 0 aliphatic rings. The van der Waals surface area contributed by atoms with Crippen LogP contribution in [0.3, 0.4) is 0 Å². The Hall–Kier alpha value is -2.00. The van der Waals surface area contributed by atoms with E-state index in [1.165, 1.54) is 21.2 Å². The number of hydrogen-bond donors (Lipinski definition) is 1. The van der Waals surface area contributed by atoms with Gasteiger partial charge in [-0.25, -0.2) is 0 Å². The molecule has 3 aromatic rings. The summed E-state index contributed by atoms with van der Waals surface area (Å²) in [5.74, 6) is 0. The second kappa shape index (κ2) is 5.97. The third-order valence-electron chi connectivity index (χ3n) is 3.27. The van der Waals surface area contributed by atoms with Crippen molar-refractivity contribution in [2.75, 3.05) is 11.6 Å². The molecule has 100 valence electrons. The quantitative estimate of drug-likeness (QED) is 0.709.